The summed E-state index contributed by atoms with van der Waals surface area (Å²) in [5.74, 6) is 0.0502. The molecule has 0 amide bonds. The molecule has 2 aliphatic rings. The van der Waals surface area contributed by atoms with E-state index in [4.69, 9.17) is 14.1 Å². The van der Waals surface area contributed by atoms with E-state index in [0.29, 0.717) is 15.1 Å². The van der Waals surface area contributed by atoms with Crippen LogP contribution in [0.25, 0.3) is 6.08 Å². The van der Waals surface area contributed by atoms with Gasteiger partial charge >= 0.3 is 0 Å². The summed E-state index contributed by atoms with van der Waals surface area (Å²) in [5.41, 5.74) is 0.450. The SMILES string of the molecule is CC(=O)C1C2c3ccccc3O[C@@]1(C)N=c1s/c(=C/c3ccoc3)c(=O)n12. The van der Waals surface area contributed by atoms with Gasteiger partial charge in [-0.25, -0.2) is 4.99 Å². The highest BCUT2D eigenvalue weighted by molar-refractivity contribution is 7.07. The third kappa shape index (κ3) is 2.28. The molecule has 1 aromatic carbocycles. The second-order valence-corrected chi connectivity index (χ2v) is 7.97. The fourth-order valence-corrected chi connectivity index (χ4v) is 5.16. The molecule has 0 aliphatic carbocycles. The largest absolute Gasteiger partial charge is 0.472 e. The molecular weight excluding hydrogens is 364 g/mol. The van der Waals surface area contributed by atoms with Crippen LogP contribution in [-0.4, -0.2) is 16.1 Å². The summed E-state index contributed by atoms with van der Waals surface area (Å²) in [6, 6.07) is 8.89. The molecule has 2 unspecified atom stereocenters. The molecular formula is C20H16N2O4S. The van der Waals surface area contributed by atoms with Gasteiger partial charge in [-0.2, -0.15) is 0 Å². The van der Waals surface area contributed by atoms with E-state index in [1.165, 1.54) is 18.3 Å². The predicted octanol–water partition coefficient (Wildman–Crippen LogP) is 1.87. The van der Waals surface area contributed by atoms with Crippen molar-refractivity contribution in [2.24, 2.45) is 10.9 Å². The molecule has 0 N–H and O–H groups in total. The van der Waals surface area contributed by atoms with Crippen LogP contribution in [0.4, 0.5) is 0 Å². The summed E-state index contributed by atoms with van der Waals surface area (Å²) < 4.78 is 13.4. The van der Waals surface area contributed by atoms with E-state index in [9.17, 15) is 9.59 Å². The fourth-order valence-electron chi connectivity index (χ4n) is 4.06. The van der Waals surface area contributed by atoms with E-state index < -0.39 is 17.7 Å². The van der Waals surface area contributed by atoms with Crippen molar-refractivity contribution < 1.29 is 13.9 Å². The molecule has 3 atom stereocenters. The molecule has 0 fully saturated rings. The number of rotatable bonds is 2. The Morgan fingerprint density at radius 1 is 1.33 bits per heavy atom. The smallest absolute Gasteiger partial charge is 0.270 e. The molecule has 4 heterocycles. The van der Waals surface area contributed by atoms with Crippen LogP contribution in [0.2, 0.25) is 0 Å². The summed E-state index contributed by atoms with van der Waals surface area (Å²) in [7, 11) is 0. The normalized spacial score (nSPS) is 25.9. The lowest BCUT2D eigenvalue weighted by Gasteiger charge is -2.45. The summed E-state index contributed by atoms with van der Waals surface area (Å²) in [6.45, 7) is 3.35. The van der Waals surface area contributed by atoms with E-state index in [1.807, 2.05) is 31.2 Å². The minimum atomic E-state index is -1.03. The minimum Gasteiger partial charge on any atom is -0.472 e. The van der Waals surface area contributed by atoms with Gasteiger partial charge in [0.25, 0.3) is 5.56 Å². The first kappa shape index (κ1) is 16.3. The summed E-state index contributed by atoms with van der Waals surface area (Å²) >= 11 is 1.30. The monoisotopic (exact) mass is 380 g/mol. The predicted molar refractivity (Wildman–Crippen MR) is 99.4 cm³/mol. The molecule has 3 aromatic rings. The molecule has 7 heteroatoms. The lowest BCUT2D eigenvalue weighted by Crippen LogP contribution is -2.58. The average molecular weight is 380 g/mol. The number of thiazole rings is 1. The van der Waals surface area contributed by atoms with Gasteiger partial charge in [0.2, 0.25) is 5.72 Å². The van der Waals surface area contributed by atoms with Crippen LogP contribution < -0.4 is 19.6 Å². The van der Waals surface area contributed by atoms with Crippen LogP contribution in [0, 0.1) is 5.92 Å². The van der Waals surface area contributed by atoms with E-state index in [0.717, 1.165) is 11.1 Å². The van der Waals surface area contributed by atoms with Gasteiger partial charge in [-0.1, -0.05) is 29.5 Å². The highest BCUT2D eigenvalue weighted by Gasteiger charge is 2.53. The van der Waals surface area contributed by atoms with Gasteiger partial charge < -0.3 is 9.15 Å². The third-order valence-electron chi connectivity index (χ3n) is 5.16. The molecule has 0 radical (unpaired) electrons. The fraction of sp³-hybridized carbons (Fsp3) is 0.250. The van der Waals surface area contributed by atoms with Gasteiger partial charge in [-0.3, -0.25) is 14.2 Å². The maximum Gasteiger partial charge on any atom is 0.270 e. The van der Waals surface area contributed by atoms with Crippen LogP contribution in [0.15, 0.2) is 57.1 Å². The Bertz CT molecular complexity index is 1240. The quantitative estimate of drug-likeness (QED) is 0.680. The molecule has 6 nitrogen and oxygen atoms in total. The number of carbonyl (C=O) groups is 1. The average Bonchev–Trinajstić information content (AvgIpc) is 3.22. The Balaban J connectivity index is 1.85. The van der Waals surface area contributed by atoms with Crippen molar-refractivity contribution in [3.8, 4) is 5.75 Å². The van der Waals surface area contributed by atoms with Gasteiger partial charge in [0.1, 0.15) is 17.5 Å². The number of ketones is 1. The first-order valence-corrected chi connectivity index (χ1v) is 9.43. The molecule has 5 rings (SSSR count). The number of para-hydroxylation sites is 1. The number of hydrogen-bond donors (Lipinski definition) is 0. The van der Waals surface area contributed by atoms with Crippen molar-refractivity contribution in [1.29, 1.82) is 0 Å². The second-order valence-electron chi connectivity index (χ2n) is 6.96. The van der Waals surface area contributed by atoms with Crippen LogP contribution in [0.3, 0.4) is 0 Å². The maximum atomic E-state index is 13.2. The van der Waals surface area contributed by atoms with E-state index in [2.05, 4.69) is 0 Å². The van der Waals surface area contributed by atoms with Gasteiger partial charge in [0, 0.05) is 11.1 Å². The van der Waals surface area contributed by atoms with E-state index in [1.54, 1.807) is 29.2 Å². The second kappa shape index (κ2) is 5.53. The molecule has 2 aliphatic heterocycles. The van der Waals surface area contributed by atoms with Gasteiger partial charge in [-0.05, 0) is 32.1 Å². The molecule has 0 saturated heterocycles. The Morgan fingerprint density at radius 3 is 2.89 bits per heavy atom. The zero-order chi connectivity index (χ0) is 18.8. The molecule has 0 saturated carbocycles. The number of Topliss-reactive ketones (excluding diaryl/α,β-unsaturated/α-hetero) is 1. The lowest BCUT2D eigenvalue weighted by molar-refractivity contribution is -0.132. The summed E-state index contributed by atoms with van der Waals surface area (Å²) in [5, 5.41) is 0. The van der Waals surface area contributed by atoms with Gasteiger partial charge in [0.05, 0.1) is 23.1 Å². The molecule has 136 valence electrons. The molecule has 0 spiro atoms. The Labute approximate surface area is 158 Å². The van der Waals surface area contributed by atoms with Crippen molar-refractivity contribution in [3.63, 3.8) is 0 Å². The number of nitrogens with zero attached hydrogens (tertiary/aromatic N) is 2. The molecule has 2 aromatic heterocycles. The number of aromatic nitrogens is 1. The van der Waals surface area contributed by atoms with E-state index in [-0.39, 0.29) is 11.3 Å². The van der Waals surface area contributed by atoms with Gasteiger partial charge in [-0.15, -0.1) is 0 Å². The van der Waals surface area contributed by atoms with Crippen LogP contribution in [0.1, 0.15) is 31.0 Å². The van der Waals surface area contributed by atoms with Crippen molar-refractivity contribution in [1.82, 2.24) is 4.57 Å². The Kier molecular flexibility index (Phi) is 3.33. The maximum absolute atomic E-state index is 13.2. The van der Waals surface area contributed by atoms with Crippen LogP contribution >= 0.6 is 11.3 Å². The molecule has 2 bridgehead atoms. The van der Waals surface area contributed by atoms with Crippen LogP contribution in [0.5, 0.6) is 5.75 Å². The summed E-state index contributed by atoms with van der Waals surface area (Å²) in [6.07, 6.45) is 4.92. The van der Waals surface area contributed by atoms with Crippen LogP contribution in [-0.2, 0) is 4.79 Å². The third-order valence-corrected chi connectivity index (χ3v) is 6.14. The van der Waals surface area contributed by atoms with Crippen molar-refractivity contribution in [2.75, 3.05) is 0 Å². The number of furan rings is 1. The van der Waals surface area contributed by atoms with Crippen molar-refractivity contribution in [3.05, 3.63) is 73.7 Å². The highest BCUT2D eigenvalue weighted by Crippen LogP contribution is 2.47. The lowest BCUT2D eigenvalue weighted by atomic mass is 9.79. The first-order valence-electron chi connectivity index (χ1n) is 8.61. The Morgan fingerprint density at radius 2 is 2.15 bits per heavy atom. The van der Waals surface area contributed by atoms with Crippen molar-refractivity contribution >= 4 is 23.2 Å². The number of ether oxygens (including phenoxy) is 1. The Hall–Kier alpha value is -2.93. The number of carbonyl (C=O) groups excluding carboxylic acids is 1. The summed E-state index contributed by atoms with van der Waals surface area (Å²) in [4.78, 5) is 31.0. The number of benzene rings is 1. The zero-order valence-corrected chi connectivity index (χ0v) is 15.5. The zero-order valence-electron chi connectivity index (χ0n) is 14.7. The number of fused-ring (bicyclic) bond motifs is 6. The topological polar surface area (TPSA) is 73.8 Å². The standard InChI is InChI=1S/C20H16N2O4S/c1-11(23)16-17-13-5-3-4-6-14(13)26-20(16,2)21-19-22(17)18(24)15(27-19)9-12-7-8-25-10-12/h3-10,16-17H,1-2H3/b15-9+/t16?,17?,20-/m1/s1. The highest BCUT2D eigenvalue weighted by atomic mass is 32.1. The minimum absolute atomic E-state index is 0.0510. The number of hydrogen-bond acceptors (Lipinski definition) is 6. The van der Waals surface area contributed by atoms with E-state index >= 15 is 0 Å². The first-order chi connectivity index (χ1) is 13.0. The van der Waals surface area contributed by atoms with Crippen molar-refractivity contribution in [2.45, 2.75) is 25.6 Å². The van der Waals surface area contributed by atoms with Gasteiger partial charge in [0.15, 0.2) is 4.80 Å². The molecule has 27 heavy (non-hydrogen) atoms.